The number of hydrogen-bond acceptors (Lipinski definition) is 3. The fourth-order valence-corrected chi connectivity index (χ4v) is 6.16. The van der Waals surface area contributed by atoms with Crippen LogP contribution in [0.5, 0.6) is 0 Å². The molecule has 0 N–H and O–H groups in total. The predicted molar refractivity (Wildman–Crippen MR) is 163 cm³/mol. The van der Waals surface area contributed by atoms with Gasteiger partial charge in [-0.1, -0.05) is 103 Å². The second kappa shape index (κ2) is 7.98. The summed E-state index contributed by atoms with van der Waals surface area (Å²) in [6.07, 6.45) is 0. The number of rotatable bonds is 2. The van der Waals surface area contributed by atoms with E-state index in [1.54, 1.807) is 0 Å². The van der Waals surface area contributed by atoms with E-state index >= 15 is 0 Å². The Morgan fingerprint density at radius 1 is 0.450 bits per heavy atom. The minimum absolute atomic E-state index is 0.698. The summed E-state index contributed by atoms with van der Waals surface area (Å²) in [4.78, 5) is 15.6. The van der Waals surface area contributed by atoms with Crippen molar-refractivity contribution in [1.82, 2.24) is 23.9 Å². The number of nitrogens with zero attached hydrogens (tertiary/aromatic N) is 5. The van der Waals surface area contributed by atoms with E-state index in [0.29, 0.717) is 5.82 Å². The molecule has 186 valence electrons. The molecule has 0 fully saturated rings. The maximum Gasteiger partial charge on any atom is 0.162 e. The molecule has 40 heavy (non-hydrogen) atoms. The third-order valence-electron chi connectivity index (χ3n) is 7.89. The van der Waals surface area contributed by atoms with Gasteiger partial charge >= 0.3 is 0 Å². The van der Waals surface area contributed by atoms with Gasteiger partial charge in [0.2, 0.25) is 0 Å². The van der Waals surface area contributed by atoms with E-state index in [-0.39, 0.29) is 0 Å². The van der Waals surface area contributed by atoms with E-state index in [1.807, 2.05) is 24.3 Å². The molecule has 0 radical (unpaired) electrons. The number of benzene rings is 5. The molecule has 4 heterocycles. The lowest BCUT2D eigenvalue weighted by Gasteiger charge is -2.14. The molecule has 0 saturated carbocycles. The van der Waals surface area contributed by atoms with E-state index in [1.165, 1.54) is 10.8 Å². The van der Waals surface area contributed by atoms with Crippen molar-refractivity contribution in [3.63, 3.8) is 0 Å². The maximum atomic E-state index is 5.33. The predicted octanol–water partition coefficient (Wildman–Crippen LogP) is 8.35. The van der Waals surface area contributed by atoms with E-state index in [9.17, 15) is 0 Å². The van der Waals surface area contributed by atoms with Crippen LogP contribution in [-0.2, 0) is 0 Å². The first-order chi connectivity index (χ1) is 19.9. The summed E-state index contributed by atoms with van der Waals surface area (Å²) in [5.41, 5.74) is 6.97. The maximum absolute atomic E-state index is 5.33. The zero-order chi connectivity index (χ0) is 26.2. The van der Waals surface area contributed by atoms with Crippen molar-refractivity contribution in [2.75, 3.05) is 0 Å². The van der Waals surface area contributed by atoms with Crippen molar-refractivity contribution < 1.29 is 0 Å². The molecule has 0 spiro atoms. The number of hydrogen-bond donors (Lipinski definition) is 0. The quantitative estimate of drug-likeness (QED) is 0.219. The Bertz CT molecular complexity index is 2430. The van der Waals surface area contributed by atoms with Crippen LogP contribution in [0.25, 0.3) is 77.5 Å². The summed E-state index contributed by atoms with van der Waals surface area (Å²) < 4.78 is 4.59. The van der Waals surface area contributed by atoms with Gasteiger partial charge in [-0.15, -0.1) is 0 Å². The SMILES string of the molecule is c1ccc(-c2nc(-n3c4ccccc4c4nc5c6ccccc6c6ccccc6n5c43)c3ccccc3n2)cc1. The first-order valence-electron chi connectivity index (χ1n) is 13.4. The normalized spacial score (nSPS) is 12.0. The molecule has 4 aromatic heterocycles. The Hall–Kier alpha value is -5.55. The summed E-state index contributed by atoms with van der Waals surface area (Å²) >= 11 is 0. The minimum Gasteiger partial charge on any atom is -0.277 e. The monoisotopic (exact) mass is 511 g/mol. The summed E-state index contributed by atoms with van der Waals surface area (Å²) in [5, 5.41) is 5.61. The zero-order valence-corrected chi connectivity index (χ0v) is 21.4. The fourth-order valence-electron chi connectivity index (χ4n) is 6.16. The average molecular weight is 512 g/mol. The number of para-hydroxylation sites is 3. The van der Waals surface area contributed by atoms with Crippen LogP contribution in [0, 0.1) is 0 Å². The molecule has 0 aliphatic heterocycles. The summed E-state index contributed by atoms with van der Waals surface area (Å²) in [6.45, 7) is 0. The van der Waals surface area contributed by atoms with Crippen LogP contribution in [0.1, 0.15) is 0 Å². The molecular weight excluding hydrogens is 490 g/mol. The summed E-state index contributed by atoms with van der Waals surface area (Å²) in [5.74, 6) is 1.54. The van der Waals surface area contributed by atoms with E-state index in [0.717, 1.165) is 60.9 Å². The molecule has 0 aliphatic carbocycles. The molecule has 0 saturated heterocycles. The van der Waals surface area contributed by atoms with Crippen molar-refractivity contribution >= 4 is 60.3 Å². The highest BCUT2D eigenvalue weighted by Gasteiger charge is 2.23. The Morgan fingerprint density at radius 2 is 1.07 bits per heavy atom. The highest BCUT2D eigenvalue weighted by Crippen LogP contribution is 2.38. The van der Waals surface area contributed by atoms with Crippen molar-refractivity contribution in [3.8, 4) is 17.2 Å². The van der Waals surface area contributed by atoms with Crippen molar-refractivity contribution in [3.05, 3.63) is 127 Å². The van der Waals surface area contributed by atoms with Gasteiger partial charge in [0.15, 0.2) is 17.3 Å². The molecule has 0 amide bonds. The third kappa shape index (κ3) is 2.83. The van der Waals surface area contributed by atoms with Gasteiger partial charge in [-0.2, -0.15) is 0 Å². The Morgan fingerprint density at radius 3 is 1.90 bits per heavy atom. The van der Waals surface area contributed by atoms with E-state index in [4.69, 9.17) is 15.0 Å². The molecule has 0 bridgehead atoms. The molecule has 5 aromatic carbocycles. The van der Waals surface area contributed by atoms with Crippen LogP contribution in [0.2, 0.25) is 0 Å². The molecule has 0 atom stereocenters. The van der Waals surface area contributed by atoms with Crippen LogP contribution in [0.15, 0.2) is 127 Å². The molecule has 0 unspecified atom stereocenters. The lowest BCUT2D eigenvalue weighted by atomic mass is 10.1. The second-order valence-electron chi connectivity index (χ2n) is 10.1. The van der Waals surface area contributed by atoms with Gasteiger partial charge in [-0.3, -0.25) is 8.97 Å². The minimum atomic E-state index is 0.698. The largest absolute Gasteiger partial charge is 0.277 e. The highest BCUT2D eigenvalue weighted by molar-refractivity contribution is 6.17. The standard InChI is InChI=1S/C35H21N5/c1-2-12-22(13-3-1)32-36-28-19-9-6-17-26(28)34(38-32)40-30-21-11-8-18-27(30)31-35(40)39-29-20-10-7-15-24(29)23-14-4-5-16-25(23)33(39)37-31/h1-21H. The molecule has 9 aromatic rings. The van der Waals surface area contributed by atoms with Gasteiger partial charge in [0.05, 0.1) is 16.6 Å². The van der Waals surface area contributed by atoms with Gasteiger partial charge in [-0.05, 0) is 29.7 Å². The van der Waals surface area contributed by atoms with Gasteiger partial charge in [0.1, 0.15) is 11.2 Å². The lowest BCUT2D eigenvalue weighted by molar-refractivity contribution is 1.05. The van der Waals surface area contributed by atoms with Crippen LogP contribution >= 0.6 is 0 Å². The lowest BCUT2D eigenvalue weighted by Crippen LogP contribution is -2.04. The smallest absolute Gasteiger partial charge is 0.162 e. The Kier molecular flexibility index (Phi) is 4.27. The van der Waals surface area contributed by atoms with Crippen LogP contribution in [-0.4, -0.2) is 23.9 Å². The first-order valence-corrected chi connectivity index (χ1v) is 13.4. The molecular formula is C35H21N5. The van der Waals surface area contributed by atoms with Gasteiger partial charge in [0, 0.05) is 27.1 Å². The number of imidazole rings is 1. The summed E-state index contributed by atoms with van der Waals surface area (Å²) in [6, 6.07) is 44.1. The van der Waals surface area contributed by atoms with Crippen LogP contribution in [0.3, 0.4) is 0 Å². The molecule has 5 heteroatoms. The van der Waals surface area contributed by atoms with Gasteiger partial charge in [-0.25, -0.2) is 15.0 Å². The van der Waals surface area contributed by atoms with Gasteiger partial charge < -0.3 is 0 Å². The van der Waals surface area contributed by atoms with E-state index in [2.05, 4.69) is 112 Å². The molecule has 0 aliphatic rings. The van der Waals surface area contributed by atoms with Crippen molar-refractivity contribution in [1.29, 1.82) is 0 Å². The average Bonchev–Trinajstić information content (AvgIpc) is 3.57. The topological polar surface area (TPSA) is 48.0 Å². The highest BCUT2D eigenvalue weighted by atomic mass is 15.2. The van der Waals surface area contributed by atoms with E-state index < -0.39 is 0 Å². The number of aromatic nitrogens is 5. The first kappa shape index (κ1) is 21.4. The van der Waals surface area contributed by atoms with Gasteiger partial charge in [0.25, 0.3) is 0 Å². The molecule has 9 rings (SSSR count). The van der Waals surface area contributed by atoms with Crippen molar-refractivity contribution in [2.24, 2.45) is 0 Å². The van der Waals surface area contributed by atoms with Crippen LogP contribution in [0.4, 0.5) is 0 Å². The second-order valence-corrected chi connectivity index (χ2v) is 10.1. The number of fused-ring (bicyclic) bond motifs is 11. The molecule has 5 nitrogen and oxygen atoms in total. The van der Waals surface area contributed by atoms with Crippen LogP contribution < -0.4 is 0 Å². The Labute approximate surface area is 228 Å². The zero-order valence-electron chi connectivity index (χ0n) is 21.4. The third-order valence-corrected chi connectivity index (χ3v) is 7.89. The summed E-state index contributed by atoms with van der Waals surface area (Å²) in [7, 11) is 0. The Balaban J connectivity index is 1.54. The van der Waals surface area contributed by atoms with Crippen molar-refractivity contribution in [2.45, 2.75) is 0 Å². The fraction of sp³-hybridized carbons (Fsp3) is 0. The number of pyridine rings is 1.